The number of hydrogen-bond acceptors (Lipinski definition) is 2. The molecule has 1 aromatic rings. The fourth-order valence-electron chi connectivity index (χ4n) is 2.10. The molecule has 2 nitrogen and oxygen atoms in total. The molecule has 0 aliphatic rings. The van der Waals surface area contributed by atoms with Gasteiger partial charge in [0.1, 0.15) is 0 Å². The zero-order chi connectivity index (χ0) is 13.4. The summed E-state index contributed by atoms with van der Waals surface area (Å²) in [6.07, 6.45) is 1.21. The van der Waals surface area contributed by atoms with Gasteiger partial charge in [-0.3, -0.25) is 0 Å². The number of rotatable bonds is 8. The fourth-order valence-corrected chi connectivity index (χ4v) is 2.51. The third-order valence-corrected chi connectivity index (χ3v) is 3.71. The van der Waals surface area contributed by atoms with Crippen molar-refractivity contribution in [1.82, 2.24) is 10.2 Å². The van der Waals surface area contributed by atoms with Gasteiger partial charge in [0.2, 0.25) is 0 Å². The molecule has 0 radical (unpaired) electrons. The first kappa shape index (κ1) is 15.7. The van der Waals surface area contributed by atoms with Gasteiger partial charge in [0.25, 0.3) is 0 Å². The van der Waals surface area contributed by atoms with Gasteiger partial charge in [-0.05, 0) is 44.1 Å². The first-order chi connectivity index (χ1) is 8.63. The summed E-state index contributed by atoms with van der Waals surface area (Å²) in [6, 6.07) is 8.45. The van der Waals surface area contributed by atoms with Crippen LogP contribution in [0, 0.1) is 5.92 Å². The van der Waals surface area contributed by atoms with Crippen molar-refractivity contribution in [1.29, 1.82) is 0 Å². The van der Waals surface area contributed by atoms with Gasteiger partial charge in [-0.15, -0.1) is 0 Å². The van der Waals surface area contributed by atoms with E-state index >= 15 is 0 Å². The summed E-state index contributed by atoms with van der Waals surface area (Å²) in [5.41, 5.74) is 1.36. The number of nitrogens with zero attached hydrogens (tertiary/aromatic N) is 1. The van der Waals surface area contributed by atoms with E-state index in [1.54, 1.807) is 0 Å². The van der Waals surface area contributed by atoms with Crippen LogP contribution < -0.4 is 5.32 Å². The van der Waals surface area contributed by atoms with Gasteiger partial charge in [-0.25, -0.2) is 0 Å². The summed E-state index contributed by atoms with van der Waals surface area (Å²) in [5.74, 6) is 0.684. The molecule has 0 saturated carbocycles. The van der Waals surface area contributed by atoms with E-state index in [0.29, 0.717) is 5.92 Å². The van der Waals surface area contributed by atoms with Gasteiger partial charge in [0.15, 0.2) is 0 Å². The maximum absolute atomic E-state index is 3.60. The van der Waals surface area contributed by atoms with Crippen molar-refractivity contribution < 1.29 is 0 Å². The largest absolute Gasteiger partial charge is 0.316 e. The molecule has 0 spiro atoms. The number of nitrogens with one attached hydrogen (secondary N) is 1. The molecule has 102 valence electrons. The Bertz CT molecular complexity index is 341. The molecule has 0 fully saturated rings. The maximum atomic E-state index is 3.60. The molecular weight excluding hydrogens is 288 g/mol. The van der Waals surface area contributed by atoms with Crippen LogP contribution in [0.1, 0.15) is 25.8 Å². The SMILES string of the molecule is CCCNCC(C)CN(C)Cc1ccccc1Br. The van der Waals surface area contributed by atoms with E-state index in [-0.39, 0.29) is 0 Å². The summed E-state index contributed by atoms with van der Waals surface area (Å²) in [7, 11) is 2.19. The van der Waals surface area contributed by atoms with Crippen LogP contribution in [-0.4, -0.2) is 31.6 Å². The lowest BCUT2D eigenvalue weighted by Gasteiger charge is -2.22. The van der Waals surface area contributed by atoms with Crippen molar-refractivity contribution in [2.24, 2.45) is 5.92 Å². The smallest absolute Gasteiger partial charge is 0.0242 e. The van der Waals surface area contributed by atoms with Crippen LogP contribution in [0.5, 0.6) is 0 Å². The highest BCUT2D eigenvalue weighted by molar-refractivity contribution is 9.10. The lowest BCUT2D eigenvalue weighted by atomic mass is 10.1. The third kappa shape index (κ3) is 5.98. The molecule has 18 heavy (non-hydrogen) atoms. The molecule has 0 heterocycles. The first-order valence-electron chi connectivity index (χ1n) is 6.76. The average Bonchev–Trinajstić information content (AvgIpc) is 2.32. The summed E-state index contributed by atoms with van der Waals surface area (Å²) >= 11 is 3.60. The zero-order valence-electron chi connectivity index (χ0n) is 11.7. The highest BCUT2D eigenvalue weighted by atomic mass is 79.9. The summed E-state index contributed by atoms with van der Waals surface area (Å²) in [6.45, 7) is 8.86. The average molecular weight is 313 g/mol. The fraction of sp³-hybridized carbons (Fsp3) is 0.600. The molecule has 1 unspecified atom stereocenters. The first-order valence-corrected chi connectivity index (χ1v) is 7.55. The second-order valence-corrected chi connectivity index (χ2v) is 5.95. The second kappa shape index (κ2) is 8.68. The summed E-state index contributed by atoms with van der Waals surface area (Å²) in [4.78, 5) is 2.39. The minimum Gasteiger partial charge on any atom is -0.316 e. The molecule has 0 aromatic heterocycles. The van der Waals surface area contributed by atoms with Crippen LogP contribution >= 0.6 is 15.9 Å². The molecule has 1 atom stereocenters. The highest BCUT2D eigenvalue weighted by Gasteiger charge is 2.08. The molecule has 3 heteroatoms. The molecule has 0 aliphatic heterocycles. The lowest BCUT2D eigenvalue weighted by molar-refractivity contribution is 0.274. The Morgan fingerprint density at radius 2 is 2.06 bits per heavy atom. The van der Waals surface area contributed by atoms with Crippen LogP contribution in [0.15, 0.2) is 28.7 Å². The van der Waals surface area contributed by atoms with Crippen molar-refractivity contribution in [3.63, 3.8) is 0 Å². The van der Waals surface area contributed by atoms with Crippen molar-refractivity contribution in [2.45, 2.75) is 26.8 Å². The van der Waals surface area contributed by atoms with Crippen LogP contribution in [0.2, 0.25) is 0 Å². The van der Waals surface area contributed by atoms with Gasteiger partial charge in [-0.1, -0.05) is 48.0 Å². The summed E-state index contributed by atoms with van der Waals surface area (Å²) in [5, 5.41) is 3.48. The molecule has 1 N–H and O–H groups in total. The van der Waals surface area contributed by atoms with Crippen LogP contribution in [0.3, 0.4) is 0 Å². The minimum absolute atomic E-state index is 0.684. The molecular formula is C15H25BrN2. The maximum Gasteiger partial charge on any atom is 0.0242 e. The Labute approximate surface area is 120 Å². The van der Waals surface area contributed by atoms with Crippen molar-refractivity contribution in [3.05, 3.63) is 34.3 Å². The van der Waals surface area contributed by atoms with Crippen molar-refractivity contribution in [3.8, 4) is 0 Å². The Hall–Kier alpha value is -0.380. The van der Waals surface area contributed by atoms with E-state index in [2.05, 4.69) is 71.3 Å². The number of benzene rings is 1. The molecule has 0 amide bonds. The second-order valence-electron chi connectivity index (χ2n) is 5.10. The highest BCUT2D eigenvalue weighted by Crippen LogP contribution is 2.17. The van der Waals surface area contributed by atoms with E-state index in [0.717, 1.165) is 26.2 Å². The van der Waals surface area contributed by atoms with Gasteiger partial charge in [-0.2, -0.15) is 0 Å². The Morgan fingerprint density at radius 1 is 1.33 bits per heavy atom. The normalized spacial score (nSPS) is 12.9. The Balaban J connectivity index is 2.33. The third-order valence-electron chi connectivity index (χ3n) is 2.94. The van der Waals surface area contributed by atoms with Crippen LogP contribution in [-0.2, 0) is 6.54 Å². The molecule has 0 aliphatic carbocycles. The van der Waals surface area contributed by atoms with Crippen molar-refractivity contribution >= 4 is 15.9 Å². The predicted octanol–water partition coefficient (Wildman–Crippen LogP) is 3.52. The van der Waals surface area contributed by atoms with Gasteiger partial charge < -0.3 is 10.2 Å². The lowest BCUT2D eigenvalue weighted by Crippen LogP contribution is -2.31. The van der Waals surface area contributed by atoms with Gasteiger partial charge in [0.05, 0.1) is 0 Å². The van der Waals surface area contributed by atoms with Crippen LogP contribution in [0.25, 0.3) is 0 Å². The van der Waals surface area contributed by atoms with E-state index in [4.69, 9.17) is 0 Å². The monoisotopic (exact) mass is 312 g/mol. The topological polar surface area (TPSA) is 15.3 Å². The molecule has 1 aromatic carbocycles. The minimum atomic E-state index is 0.684. The Kier molecular flexibility index (Phi) is 7.56. The quantitative estimate of drug-likeness (QED) is 0.739. The molecule has 0 saturated heterocycles. The van der Waals surface area contributed by atoms with E-state index < -0.39 is 0 Å². The zero-order valence-corrected chi connectivity index (χ0v) is 13.3. The summed E-state index contributed by atoms with van der Waals surface area (Å²) < 4.78 is 1.20. The van der Waals surface area contributed by atoms with Gasteiger partial charge >= 0.3 is 0 Å². The predicted molar refractivity (Wildman–Crippen MR) is 82.8 cm³/mol. The van der Waals surface area contributed by atoms with Crippen molar-refractivity contribution in [2.75, 3.05) is 26.7 Å². The van der Waals surface area contributed by atoms with Gasteiger partial charge in [0, 0.05) is 17.6 Å². The van der Waals surface area contributed by atoms with E-state index in [9.17, 15) is 0 Å². The van der Waals surface area contributed by atoms with E-state index in [1.165, 1.54) is 16.5 Å². The van der Waals surface area contributed by atoms with E-state index in [1.807, 2.05) is 0 Å². The number of hydrogen-bond donors (Lipinski definition) is 1. The van der Waals surface area contributed by atoms with Crippen LogP contribution in [0.4, 0.5) is 0 Å². The number of halogens is 1. The Morgan fingerprint density at radius 3 is 2.72 bits per heavy atom. The molecule has 0 bridgehead atoms. The molecule has 1 rings (SSSR count). The standard InChI is InChI=1S/C15H25BrN2/c1-4-9-17-10-13(2)11-18(3)12-14-7-5-6-8-15(14)16/h5-8,13,17H,4,9-12H2,1-3H3.